The average molecular weight is 286 g/mol. The molecule has 5 rings (SSSR count). The van der Waals surface area contributed by atoms with Gasteiger partial charge in [0.25, 0.3) is 5.89 Å². The summed E-state index contributed by atoms with van der Waals surface area (Å²) in [7, 11) is 0. The Kier molecular flexibility index (Phi) is 2.94. The number of fused-ring (bicyclic) bond motifs is 3. The molecule has 6 heteroatoms. The number of piperazine rings is 3. The lowest BCUT2D eigenvalue weighted by Crippen LogP contribution is -2.57. The lowest BCUT2D eigenvalue weighted by atomic mass is 10.1. The van der Waals surface area contributed by atoms with Crippen molar-refractivity contribution in [3.8, 4) is 17.2 Å². The molecule has 3 aliphatic heterocycles. The fourth-order valence-electron chi connectivity index (χ4n) is 3.16. The highest BCUT2D eigenvalue weighted by Gasteiger charge is 2.35. The molecule has 3 saturated heterocycles. The van der Waals surface area contributed by atoms with Crippen LogP contribution in [0.4, 0.5) is 0 Å². The molecule has 3 aliphatic rings. The highest BCUT2D eigenvalue weighted by Crippen LogP contribution is 2.32. The Morgan fingerprint density at radius 2 is 2.05 bits per heavy atom. The number of hydrogen-bond donors (Lipinski definition) is 1. The zero-order chi connectivity index (χ0) is 14.4. The van der Waals surface area contributed by atoms with E-state index in [2.05, 4.69) is 19.9 Å². The molecule has 2 bridgehead atoms. The third-order valence-corrected chi connectivity index (χ3v) is 4.40. The number of aryl methyl sites for hydroxylation is 1. The normalized spacial score (nSPS) is 28.0. The Labute approximate surface area is 123 Å². The van der Waals surface area contributed by atoms with Crippen LogP contribution in [0.5, 0.6) is 5.75 Å². The van der Waals surface area contributed by atoms with E-state index in [4.69, 9.17) is 4.52 Å². The second-order valence-corrected chi connectivity index (χ2v) is 5.83. The van der Waals surface area contributed by atoms with Gasteiger partial charge in [0.2, 0.25) is 0 Å². The Balaban J connectivity index is 1.65. The molecule has 0 saturated carbocycles. The van der Waals surface area contributed by atoms with Crippen molar-refractivity contribution in [3.05, 3.63) is 29.6 Å². The molecule has 0 amide bonds. The third-order valence-electron chi connectivity index (χ3n) is 4.40. The molecular formula is C15H18N4O2. The minimum Gasteiger partial charge on any atom is -0.507 e. The highest BCUT2D eigenvalue weighted by atomic mass is 16.5. The van der Waals surface area contributed by atoms with Crippen LogP contribution in [0.25, 0.3) is 11.5 Å². The van der Waals surface area contributed by atoms with E-state index in [1.165, 1.54) is 0 Å². The van der Waals surface area contributed by atoms with Gasteiger partial charge in [-0.2, -0.15) is 4.98 Å². The van der Waals surface area contributed by atoms with Crippen LogP contribution in [0.3, 0.4) is 0 Å². The van der Waals surface area contributed by atoms with Gasteiger partial charge < -0.3 is 9.63 Å². The number of phenolic OH excluding ortho intramolecular Hbond substituents is 1. The Bertz CT molecular complexity index is 661. The predicted octanol–water partition coefficient (Wildman–Crippen LogP) is 1.42. The quantitative estimate of drug-likeness (QED) is 0.901. The number of nitrogens with zero attached hydrogens (tertiary/aromatic N) is 4. The SMILES string of the molecule is Cc1ccc(O)c(-c2nc(C3CN4CCN3CC4)no2)c1. The summed E-state index contributed by atoms with van der Waals surface area (Å²) in [5.74, 6) is 1.28. The van der Waals surface area contributed by atoms with Crippen molar-refractivity contribution in [1.82, 2.24) is 19.9 Å². The monoisotopic (exact) mass is 286 g/mol. The molecule has 0 spiro atoms. The number of hydrogen-bond acceptors (Lipinski definition) is 6. The second-order valence-electron chi connectivity index (χ2n) is 5.83. The Morgan fingerprint density at radius 1 is 1.24 bits per heavy atom. The lowest BCUT2D eigenvalue weighted by molar-refractivity contribution is 0.00781. The van der Waals surface area contributed by atoms with Crippen LogP contribution in [-0.2, 0) is 0 Å². The molecule has 1 atom stereocenters. The molecule has 1 aromatic heterocycles. The van der Waals surface area contributed by atoms with Gasteiger partial charge in [0.05, 0.1) is 11.6 Å². The minimum absolute atomic E-state index is 0.171. The number of aromatic hydroxyl groups is 1. The average Bonchev–Trinajstić information content (AvgIpc) is 3.00. The summed E-state index contributed by atoms with van der Waals surface area (Å²) >= 11 is 0. The van der Waals surface area contributed by atoms with E-state index in [0.717, 1.165) is 44.1 Å². The summed E-state index contributed by atoms with van der Waals surface area (Å²) in [4.78, 5) is 9.36. The predicted molar refractivity (Wildman–Crippen MR) is 76.9 cm³/mol. The summed E-state index contributed by atoms with van der Waals surface area (Å²) < 4.78 is 5.38. The number of aromatic nitrogens is 2. The number of rotatable bonds is 2. The maximum absolute atomic E-state index is 9.97. The number of benzene rings is 1. The van der Waals surface area contributed by atoms with Crippen molar-refractivity contribution < 1.29 is 9.63 Å². The molecular weight excluding hydrogens is 268 g/mol. The zero-order valence-electron chi connectivity index (χ0n) is 12.0. The van der Waals surface area contributed by atoms with Gasteiger partial charge in [0.1, 0.15) is 5.75 Å². The maximum atomic E-state index is 9.97. The summed E-state index contributed by atoms with van der Waals surface area (Å²) in [5, 5.41) is 14.1. The fraction of sp³-hybridized carbons (Fsp3) is 0.467. The fourth-order valence-corrected chi connectivity index (χ4v) is 3.16. The van der Waals surface area contributed by atoms with Gasteiger partial charge in [0.15, 0.2) is 5.82 Å². The molecule has 0 radical (unpaired) electrons. The van der Waals surface area contributed by atoms with Gasteiger partial charge in [0, 0.05) is 32.7 Å². The molecule has 2 aromatic rings. The molecule has 1 unspecified atom stereocenters. The van der Waals surface area contributed by atoms with E-state index < -0.39 is 0 Å². The van der Waals surface area contributed by atoms with E-state index in [9.17, 15) is 5.11 Å². The first kappa shape index (κ1) is 12.8. The molecule has 21 heavy (non-hydrogen) atoms. The Hall–Kier alpha value is -1.92. The molecule has 1 aromatic carbocycles. The van der Waals surface area contributed by atoms with Crippen LogP contribution >= 0.6 is 0 Å². The van der Waals surface area contributed by atoms with Crippen molar-refractivity contribution in [2.75, 3.05) is 32.7 Å². The standard InChI is InChI=1S/C15H18N4O2/c1-10-2-3-13(20)11(8-10)15-16-14(17-21-15)12-9-18-4-6-19(12)7-5-18/h2-3,8,12,20H,4-7,9H2,1H3. The lowest BCUT2D eigenvalue weighted by Gasteiger charge is -2.46. The number of phenols is 1. The highest BCUT2D eigenvalue weighted by molar-refractivity contribution is 5.63. The van der Waals surface area contributed by atoms with Crippen LogP contribution in [-0.4, -0.2) is 57.8 Å². The molecule has 1 N–H and O–H groups in total. The molecule has 110 valence electrons. The zero-order valence-corrected chi connectivity index (χ0v) is 12.0. The van der Waals surface area contributed by atoms with Gasteiger partial charge in [-0.1, -0.05) is 16.8 Å². The van der Waals surface area contributed by atoms with Crippen LogP contribution in [0.15, 0.2) is 22.7 Å². The van der Waals surface area contributed by atoms with Gasteiger partial charge in [-0.15, -0.1) is 0 Å². The minimum atomic E-state index is 0.171. The topological polar surface area (TPSA) is 65.6 Å². The van der Waals surface area contributed by atoms with Crippen LogP contribution in [0.2, 0.25) is 0 Å². The first-order valence-electron chi connectivity index (χ1n) is 7.31. The van der Waals surface area contributed by atoms with Crippen molar-refractivity contribution >= 4 is 0 Å². The first-order valence-corrected chi connectivity index (χ1v) is 7.31. The van der Waals surface area contributed by atoms with Crippen LogP contribution < -0.4 is 0 Å². The molecule has 4 heterocycles. The van der Waals surface area contributed by atoms with Crippen molar-refractivity contribution in [2.24, 2.45) is 0 Å². The van der Waals surface area contributed by atoms with E-state index in [1.54, 1.807) is 6.07 Å². The van der Waals surface area contributed by atoms with Gasteiger partial charge >= 0.3 is 0 Å². The van der Waals surface area contributed by atoms with E-state index in [-0.39, 0.29) is 11.8 Å². The van der Waals surface area contributed by atoms with Crippen LogP contribution in [0, 0.1) is 6.92 Å². The molecule has 0 aliphatic carbocycles. The van der Waals surface area contributed by atoms with Crippen molar-refractivity contribution in [3.63, 3.8) is 0 Å². The van der Waals surface area contributed by atoms with E-state index >= 15 is 0 Å². The third kappa shape index (κ3) is 2.20. The van der Waals surface area contributed by atoms with E-state index in [1.807, 2.05) is 19.1 Å². The second kappa shape index (κ2) is 4.82. The maximum Gasteiger partial charge on any atom is 0.261 e. The van der Waals surface area contributed by atoms with Gasteiger partial charge in [-0.05, 0) is 19.1 Å². The van der Waals surface area contributed by atoms with Gasteiger partial charge in [-0.3, -0.25) is 9.80 Å². The largest absolute Gasteiger partial charge is 0.507 e. The van der Waals surface area contributed by atoms with Crippen molar-refractivity contribution in [1.29, 1.82) is 0 Å². The first-order chi connectivity index (χ1) is 10.2. The smallest absolute Gasteiger partial charge is 0.261 e. The van der Waals surface area contributed by atoms with E-state index in [0.29, 0.717) is 11.5 Å². The molecule has 3 fully saturated rings. The van der Waals surface area contributed by atoms with Crippen LogP contribution in [0.1, 0.15) is 17.4 Å². The van der Waals surface area contributed by atoms with Crippen molar-refractivity contribution in [2.45, 2.75) is 13.0 Å². The summed E-state index contributed by atoms with van der Waals surface area (Å²) in [6.45, 7) is 7.30. The summed E-state index contributed by atoms with van der Waals surface area (Å²) in [5.41, 5.74) is 1.65. The molecule has 6 nitrogen and oxygen atoms in total. The summed E-state index contributed by atoms with van der Waals surface area (Å²) in [6.07, 6.45) is 0. The summed E-state index contributed by atoms with van der Waals surface area (Å²) in [6, 6.07) is 5.59. The van der Waals surface area contributed by atoms with Gasteiger partial charge in [-0.25, -0.2) is 0 Å². The Morgan fingerprint density at radius 3 is 2.76 bits per heavy atom.